The minimum absolute atomic E-state index is 0.0409. The number of carboxylic acid groups (broad SMARTS) is 1. The van der Waals surface area contributed by atoms with Gasteiger partial charge in [0.2, 0.25) is 0 Å². The second-order valence-electron chi connectivity index (χ2n) is 4.12. The van der Waals surface area contributed by atoms with Crippen LogP contribution >= 0.6 is 0 Å². The van der Waals surface area contributed by atoms with Crippen LogP contribution in [0.25, 0.3) is 0 Å². The zero-order valence-corrected chi connectivity index (χ0v) is 9.77. The molecule has 0 spiro atoms. The number of benzene rings is 1. The van der Waals surface area contributed by atoms with Crippen LogP contribution in [0.1, 0.15) is 29.5 Å². The summed E-state index contributed by atoms with van der Waals surface area (Å²) in [7, 11) is 1.35. The molecule has 0 heterocycles. The van der Waals surface area contributed by atoms with E-state index in [2.05, 4.69) is 9.99 Å². The van der Waals surface area contributed by atoms with E-state index in [0.29, 0.717) is 5.56 Å². The quantitative estimate of drug-likeness (QED) is 0.641. The van der Waals surface area contributed by atoms with Crippen molar-refractivity contribution in [2.75, 3.05) is 7.11 Å². The van der Waals surface area contributed by atoms with Gasteiger partial charge in [0, 0.05) is 5.56 Å². The molecule has 0 aliphatic heterocycles. The van der Waals surface area contributed by atoms with Crippen molar-refractivity contribution < 1.29 is 14.7 Å². The molecule has 0 atom stereocenters. The zero-order valence-electron chi connectivity index (χ0n) is 9.77. The van der Waals surface area contributed by atoms with Gasteiger partial charge in [0.1, 0.15) is 7.11 Å². The Morgan fingerprint density at radius 3 is 2.65 bits per heavy atom. The summed E-state index contributed by atoms with van der Waals surface area (Å²) in [6, 6.07) is 5.72. The zero-order chi connectivity index (χ0) is 12.3. The largest absolute Gasteiger partial charge is 0.476 e. The Morgan fingerprint density at radius 1 is 1.29 bits per heavy atom. The van der Waals surface area contributed by atoms with E-state index < -0.39 is 5.97 Å². The molecule has 0 amide bonds. The number of oxime groups is 1. The Bertz CT molecular complexity index is 466. The Labute approximate surface area is 99.9 Å². The molecular weight excluding hydrogens is 218 g/mol. The summed E-state index contributed by atoms with van der Waals surface area (Å²) in [5.41, 5.74) is 3.13. The van der Waals surface area contributed by atoms with Crippen molar-refractivity contribution >= 4 is 11.7 Å². The molecule has 1 aliphatic carbocycles. The van der Waals surface area contributed by atoms with Gasteiger partial charge in [-0.2, -0.15) is 0 Å². The summed E-state index contributed by atoms with van der Waals surface area (Å²) >= 11 is 0. The molecule has 17 heavy (non-hydrogen) atoms. The summed E-state index contributed by atoms with van der Waals surface area (Å²) in [5.74, 6) is -1.07. The Balaban J connectivity index is 2.38. The molecule has 90 valence electrons. The van der Waals surface area contributed by atoms with Gasteiger partial charge in [-0.25, -0.2) is 4.79 Å². The molecule has 2 rings (SSSR count). The maximum Gasteiger partial charge on any atom is 0.358 e. The predicted molar refractivity (Wildman–Crippen MR) is 64.3 cm³/mol. The Morgan fingerprint density at radius 2 is 2.00 bits per heavy atom. The first-order valence-electron chi connectivity index (χ1n) is 5.69. The van der Waals surface area contributed by atoms with E-state index in [1.165, 1.54) is 31.1 Å². The van der Waals surface area contributed by atoms with Gasteiger partial charge in [-0.1, -0.05) is 17.3 Å². The molecule has 1 aromatic carbocycles. The molecule has 0 aromatic heterocycles. The van der Waals surface area contributed by atoms with Crippen LogP contribution in [0.3, 0.4) is 0 Å². The van der Waals surface area contributed by atoms with Crippen molar-refractivity contribution in [3.8, 4) is 0 Å². The Hall–Kier alpha value is -1.84. The fourth-order valence-electron chi connectivity index (χ4n) is 2.19. The van der Waals surface area contributed by atoms with Crippen LogP contribution in [0.4, 0.5) is 0 Å². The SMILES string of the molecule is CON=C(C(=O)O)c1ccc2c(c1)CCCC2. The molecule has 4 nitrogen and oxygen atoms in total. The van der Waals surface area contributed by atoms with Crippen molar-refractivity contribution in [1.82, 2.24) is 0 Å². The van der Waals surface area contributed by atoms with E-state index >= 15 is 0 Å². The number of aryl methyl sites for hydroxylation is 2. The molecule has 1 N–H and O–H groups in total. The standard InChI is InChI=1S/C13H15NO3/c1-17-14-12(13(15)16)11-7-6-9-4-2-3-5-10(9)8-11/h6-8H,2-5H2,1H3,(H,15,16). The average Bonchev–Trinajstić information content (AvgIpc) is 2.35. The van der Waals surface area contributed by atoms with E-state index in [1.807, 2.05) is 12.1 Å². The molecular formula is C13H15NO3. The fraction of sp³-hybridized carbons (Fsp3) is 0.385. The van der Waals surface area contributed by atoms with E-state index in [9.17, 15) is 4.79 Å². The molecule has 0 radical (unpaired) electrons. The predicted octanol–water partition coefficient (Wildman–Crippen LogP) is 2.00. The average molecular weight is 233 g/mol. The lowest BCUT2D eigenvalue weighted by Gasteiger charge is -2.16. The van der Waals surface area contributed by atoms with Gasteiger partial charge >= 0.3 is 5.97 Å². The molecule has 0 fully saturated rings. The first-order chi connectivity index (χ1) is 8.22. The van der Waals surface area contributed by atoms with Gasteiger partial charge < -0.3 is 9.94 Å². The van der Waals surface area contributed by atoms with Gasteiger partial charge in [0.05, 0.1) is 0 Å². The second-order valence-corrected chi connectivity index (χ2v) is 4.12. The van der Waals surface area contributed by atoms with Crippen LogP contribution in [-0.4, -0.2) is 23.9 Å². The maximum atomic E-state index is 11.0. The summed E-state index contributed by atoms with van der Waals surface area (Å²) in [5, 5.41) is 12.6. The van der Waals surface area contributed by atoms with Crippen molar-refractivity contribution in [1.29, 1.82) is 0 Å². The number of nitrogens with zero attached hydrogens (tertiary/aromatic N) is 1. The second kappa shape index (κ2) is 4.99. The van der Waals surface area contributed by atoms with Gasteiger partial charge in [-0.05, 0) is 42.9 Å². The highest BCUT2D eigenvalue weighted by Crippen LogP contribution is 2.22. The third kappa shape index (κ3) is 2.46. The number of carbonyl (C=O) groups is 1. The van der Waals surface area contributed by atoms with Gasteiger partial charge in [0.15, 0.2) is 5.71 Å². The van der Waals surface area contributed by atoms with E-state index in [4.69, 9.17) is 5.11 Å². The third-order valence-corrected chi connectivity index (χ3v) is 3.01. The van der Waals surface area contributed by atoms with E-state index in [-0.39, 0.29) is 5.71 Å². The highest BCUT2D eigenvalue weighted by Gasteiger charge is 2.16. The van der Waals surface area contributed by atoms with Crippen LogP contribution < -0.4 is 0 Å². The minimum Gasteiger partial charge on any atom is -0.476 e. The number of hydrogen-bond acceptors (Lipinski definition) is 3. The number of hydrogen-bond donors (Lipinski definition) is 1. The summed E-state index contributed by atoms with van der Waals surface area (Å²) < 4.78 is 0. The lowest BCUT2D eigenvalue weighted by Crippen LogP contribution is -2.16. The highest BCUT2D eigenvalue weighted by molar-refractivity contribution is 6.42. The van der Waals surface area contributed by atoms with Crippen LogP contribution in [0.15, 0.2) is 23.4 Å². The molecule has 0 saturated carbocycles. The van der Waals surface area contributed by atoms with Gasteiger partial charge in [-0.3, -0.25) is 0 Å². The normalized spacial score (nSPS) is 15.2. The molecule has 1 aromatic rings. The molecule has 0 bridgehead atoms. The number of carboxylic acids is 1. The molecule has 1 aliphatic rings. The summed E-state index contributed by atoms with van der Waals surface area (Å²) in [4.78, 5) is 15.6. The topological polar surface area (TPSA) is 58.9 Å². The van der Waals surface area contributed by atoms with Gasteiger partial charge in [0.25, 0.3) is 0 Å². The first-order valence-corrected chi connectivity index (χ1v) is 5.69. The first kappa shape index (κ1) is 11.6. The number of rotatable bonds is 3. The Kier molecular flexibility index (Phi) is 3.42. The lowest BCUT2D eigenvalue weighted by atomic mass is 9.89. The smallest absolute Gasteiger partial charge is 0.358 e. The highest BCUT2D eigenvalue weighted by atomic mass is 16.6. The molecule has 4 heteroatoms. The minimum atomic E-state index is -1.07. The third-order valence-electron chi connectivity index (χ3n) is 3.01. The molecule has 0 unspecified atom stereocenters. The van der Waals surface area contributed by atoms with Crippen LogP contribution in [0.2, 0.25) is 0 Å². The van der Waals surface area contributed by atoms with Crippen LogP contribution in [0, 0.1) is 0 Å². The van der Waals surface area contributed by atoms with Crippen LogP contribution in [0.5, 0.6) is 0 Å². The number of aliphatic carboxylic acids is 1. The van der Waals surface area contributed by atoms with E-state index in [0.717, 1.165) is 12.8 Å². The van der Waals surface area contributed by atoms with Crippen molar-refractivity contribution in [3.63, 3.8) is 0 Å². The lowest BCUT2D eigenvalue weighted by molar-refractivity contribution is -0.129. The van der Waals surface area contributed by atoms with Crippen LogP contribution in [-0.2, 0) is 22.5 Å². The van der Waals surface area contributed by atoms with Crippen molar-refractivity contribution in [3.05, 3.63) is 34.9 Å². The fourth-order valence-corrected chi connectivity index (χ4v) is 2.19. The van der Waals surface area contributed by atoms with Crippen molar-refractivity contribution in [2.45, 2.75) is 25.7 Å². The van der Waals surface area contributed by atoms with Gasteiger partial charge in [-0.15, -0.1) is 0 Å². The molecule has 0 saturated heterocycles. The van der Waals surface area contributed by atoms with Crippen molar-refractivity contribution in [2.24, 2.45) is 5.16 Å². The van der Waals surface area contributed by atoms with E-state index in [1.54, 1.807) is 6.07 Å². The maximum absolute atomic E-state index is 11.0. The number of fused-ring (bicyclic) bond motifs is 1. The summed E-state index contributed by atoms with van der Waals surface area (Å²) in [6.45, 7) is 0. The summed E-state index contributed by atoms with van der Waals surface area (Å²) in [6.07, 6.45) is 4.48. The monoisotopic (exact) mass is 233 g/mol.